The van der Waals surface area contributed by atoms with E-state index in [1.165, 1.54) is 118 Å². The van der Waals surface area contributed by atoms with Gasteiger partial charge in [0.2, 0.25) is 0 Å². The second kappa shape index (κ2) is 10.4. The number of thiophene rings is 1. The Morgan fingerprint density at radius 2 is 1.47 bits per heavy atom. The summed E-state index contributed by atoms with van der Waals surface area (Å²) in [7, 11) is 0. The molecule has 0 fully saturated rings. The maximum absolute atomic E-state index is 4.53. The SMILES string of the molecule is CC12C=CC=C3SC4=C(C31)N(c1cc(-c3cccc5cnccc35)cc3c1B4c1sc4cccc5c6cccc7cccc(c76)n-3c1c45)c1cccc3cccc2c13. The van der Waals surface area contributed by atoms with Gasteiger partial charge in [-0.25, -0.2) is 0 Å². The van der Waals surface area contributed by atoms with E-state index in [0.29, 0.717) is 0 Å². The Kier molecular flexibility index (Phi) is 5.51. The lowest BCUT2D eigenvalue weighted by Crippen LogP contribution is -2.53. The first-order valence-corrected chi connectivity index (χ1v) is 21.8. The molecule has 0 saturated heterocycles. The van der Waals surface area contributed by atoms with Gasteiger partial charge in [-0.15, -0.1) is 23.1 Å². The highest BCUT2D eigenvalue weighted by molar-refractivity contribution is 8.09. The van der Waals surface area contributed by atoms with E-state index in [-0.39, 0.29) is 18.0 Å². The van der Waals surface area contributed by atoms with Gasteiger partial charge in [0.25, 0.3) is 6.71 Å². The smallest absolute Gasteiger partial charge is 0.272 e. The summed E-state index contributed by atoms with van der Waals surface area (Å²) in [5, 5.41) is 11.6. The number of hydrogen-bond acceptors (Lipinski definition) is 4. The molecule has 2 unspecified atom stereocenters. The minimum Gasteiger partial charge on any atom is -0.313 e. The Morgan fingerprint density at radius 1 is 0.707 bits per heavy atom. The van der Waals surface area contributed by atoms with Crippen molar-refractivity contribution in [3.8, 4) is 16.8 Å². The van der Waals surface area contributed by atoms with E-state index in [0.717, 1.165) is 5.39 Å². The lowest BCUT2D eigenvalue weighted by molar-refractivity contribution is 0.478. The van der Waals surface area contributed by atoms with Gasteiger partial charge in [-0.3, -0.25) is 4.98 Å². The molecular weight excluding hydrogens is 742 g/mol. The number of thioether (sulfide) groups is 1. The molecule has 4 aliphatic heterocycles. The predicted molar refractivity (Wildman–Crippen MR) is 248 cm³/mol. The zero-order chi connectivity index (χ0) is 37.6. The maximum Gasteiger partial charge on any atom is 0.272 e. The van der Waals surface area contributed by atoms with Gasteiger partial charge >= 0.3 is 0 Å². The number of allylic oxidation sites excluding steroid dienone is 4. The van der Waals surface area contributed by atoms with Crippen molar-refractivity contribution >= 4 is 116 Å². The van der Waals surface area contributed by atoms with Crippen LogP contribution in [-0.4, -0.2) is 16.3 Å². The number of nitrogens with zero attached hydrogens (tertiary/aromatic N) is 3. The Balaban J connectivity index is 1.20. The third kappa shape index (κ3) is 3.49. The lowest BCUT2D eigenvalue weighted by atomic mass is 9.39. The molecule has 3 nitrogen and oxygen atoms in total. The molecule has 6 heteroatoms. The monoisotopic (exact) mass is 771 g/mol. The first-order valence-electron chi connectivity index (χ1n) is 20.2. The van der Waals surface area contributed by atoms with E-state index in [1.54, 1.807) is 0 Å². The number of rotatable bonds is 1. The van der Waals surface area contributed by atoms with Gasteiger partial charge in [-0.1, -0.05) is 116 Å². The van der Waals surface area contributed by atoms with Crippen LogP contribution >= 0.6 is 23.1 Å². The van der Waals surface area contributed by atoms with Crippen LogP contribution < -0.4 is 15.1 Å². The topological polar surface area (TPSA) is 21.1 Å². The van der Waals surface area contributed by atoms with Crippen molar-refractivity contribution in [2.75, 3.05) is 4.90 Å². The molecular formula is C52H30BN3S2. The van der Waals surface area contributed by atoms with E-state index in [4.69, 9.17) is 0 Å². The highest BCUT2D eigenvalue weighted by Crippen LogP contribution is 2.64. The van der Waals surface area contributed by atoms with Crippen molar-refractivity contribution in [2.24, 2.45) is 5.92 Å². The van der Waals surface area contributed by atoms with Crippen molar-refractivity contribution < 1.29 is 0 Å². The van der Waals surface area contributed by atoms with E-state index in [9.17, 15) is 0 Å². The van der Waals surface area contributed by atoms with E-state index < -0.39 is 0 Å². The summed E-state index contributed by atoms with van der Waals surface area (Å²) >= 11 is 4.06. The molecule has 0 N–H and O–H groups in total. The first-order chi connectivity index (χ1) is 28.7. The third-order valence-corrected chi connectivity index (χ3v) is 16.5. The highest BCUT2D eigenvalue weighted by atomic mass is 32.2. The van der Waals surface area contributed by atoms with Gasteiger partial charge < -0.3 is 9.47 Å². The Bertz CT molecular complexity index is 3700. The third-order valence-electron chi connectivity index (χ3n) is 14.1. The zero-order valence-corrected chi connectivity index (χ0v) is 33.0. The van der Waals surface area contributed by atoms with Gasteiger partial charge in [0.15, 0.2) is 0 Å². The van der Waals surface area contributed by atoms with Crippen molar-refractivity contribution in [2.45, 2.75) is 12.3 Å². The Labute approximate surface area is 342 Å². The number of pyridine rings is 1. The predicted octanol–water partition coefficient (Wildman–Crippen LogP) is 12.4. The normalized spacial score (nSPS) is 19.5. The first kappa shape index (κ1) is 30.8. The van der Waals surface area contributed by atoms with Crippen molar-refractivity contribution in [1.29, 1.82) is 0 Å². The second-order valence-electron chi connectivity index (χ2n) is 16.8. The number of hydrogen-bond donors (Lipinski definition) is 0. The molecule has 58 heavy (non-hydrogen) atoms. The fourth-order valence-electron chi connectivity index (χ4n) is 11.8. The van der Waals surface area contributed by atoms with E-state index in [2.05, 4.69) is 179 Å². The standard InChI is InChI=1S/C52H30BN3S2/c1-52-23-8-21-42-46(52)49-51(58-42)53-47-39(55-37-18-5-11-28-9-2-15-34(43(28)37)35-16-7-20-41-45(35)48(55)50(53)57-41)25-31(32-14-3-13-30-27-54-24-22-33(30)32)26-40(47)56(49)38-19-6-12-29-10-4-17-36(52)44(29)38/h2-27,46H,1H3. The number of aromatic nitrogens is 2. The number of anilines is 2. The van der Waals surface area contributed by atoms with E-state index in [1.807, 2.05) is 23.7 Å². The van der Waals surface area contributed by atoms with Crippen LogP contribution in [0.15, 0.2) is 173 Å². The summed E-state index contributed by atoms with van der Waals surface area (Å²) in [5.41, 5.74) is 12.9. The molecule has 2 atom stereocenters. The van der Waals surface area contributed by atoms with Gasteiger partial charge in [0.1, 0.15) is 0 Å². The molecule has 3 aromatic heterocycles. The van der Waals surface area contributed by atoms with Crippen LogP contribution in [0.25, 0.3) is 81.0 Å². The summed E-state index contributed by atoms with van der Waals surface area (Å²) in [4.78, 5) is 10.2. The van der Waals surface area contributed by atoms with Crippen LogP contribution in [0.5, 0.6) is 0 Å². The Hall–Kier alpha value is -6.34. The molecule has 268 valence electrons. The van der Waals surface area contributed by atoms with Gasteiger partial charge in [-0.05, 0) is 95.2 Å². The van der Waals surface area contributed by atoms with Crippen LogP contribution in [0, 0.1) is 5.92 Å². The minimum absolute atomic E-state index is 0.0973. The van der Waals surface area contributed by atoms with Crippen LogP contribution in [0.2, 0.25) is 0 Å². The second-order valence-corrected chi connectivity index (χ2v) is 19.0. The molecule has 0 radical (unpaired) electrons. The van der Waals surface area contributed by atoms with Crippen LogP contribution in [0.1, 0.15) is 12.5 Å². The summed E-state index contributed by atoms with van der Waals surface area (Å²) < 4.78 is 5.48. The summed E-state index contributed by atoms with van der Waals surface area (Å²) in [5.74, 6) is 0.194. The van der Waals surface area contributed by atoms with E-state index >= 15 is 0 Å². The van der Waals surface area contributed by atoms with Crippen molar-refractivity contribution in [3.63, 3.8) is 0 Å². The summed E-state index contributed by atoms with van der Waals surface area (Å²) in [6.45, 7) is 2.59. The van der Waals surface area contributed by atoms with Crippen LogP contribution in [0.3, 0.4) is 0 Å². The molecule has 7 aromatic carbocycles. The number of benzene rings is 7. The molecule has 7 heterocycles. The van der Waals surface area contributed by atoms with Crippen LogP contribution in [0.4, 0.5) is 11.4 Å². The highest BCUT2D eigenvalue weighted by Gasteiger charge is 2.56. The lowest BCUT2D eigenvalue weighted by Gasteiger charge is -2.42. The van der Waals surface area contributed by atoms with Crippen LogP contribution in [-0.2, 0) is 5.41 Å². The van der Waals surface area contributed by atoms with Crippen molar-refractivity contribution in [1.82, 2.24) is 9.55 Å². The average Bonchev–Trinajstić information content (AvgIpc) is 3.79. The fourth-order valence-corrected chi connectivity index (χ4v) is 14.7. The molecule has 0 saturated carbocycles. The molecule has 1 aliphatic carbocycles. The number of fused-ring (bicyclic) bond motifs is 9. The zero-order valence-electron chi connectivity index (χ0n) is 31.3. The van der Waals surface area contributed by atoms with Crippen molar-refractivity contribution in [3.05, 3.63) is 179 Å². The molecule has 15 rings (SSSR count). The van der Waals surface area contributed by atoms with Gasteiger partial charge in [0, 0.05) is 71.8 Å². The minimum atomic E-state index is -0.212. The van der Waals surface area contributed by atoms with Gasteiger partial charge in [0.05, 0.1) is 16.7 Å². The van der Waals surface area contributed by atoms with Gasteiger partial charge in [-0.2, -0.15) is 0 Å². The maximum atomic E-state index is 4.53. The molecule has 10 aromatic rings. The largest absolute Gasteiger partial charge is 0.313 e. The molecule has 5 aliphatic rings. The average molecular weight is 772 g/mol. The molecule has 0 spiro atoms. The summed E-state index contributed by atoms with van der Waals surface area (Å²) in [6, 6.07) is 48.6. The summed E-state index contributed by atoms with van der Waals surface area (Å²) in [6.07, 6.45) is 11.2. The fraction of sp³-hybridized carbons (Fsp3) is 0.0577. The molecule has 0 bridgehead atoms. The Morgan fingerprint density at radius 3 is 2.38 bits per heavy atom. The molecule has 0 amide bonds. The quantitative estimate of drug-likeness (QED) is 0.155.